The third kappa shape index (κ3) is 3.70. The summed E-state index contributed by atoms with van der Waals surface area (Å²) in [6, 6.07) is 7.98. The summed E-state index contributed by atoms with van der Waals surface area (Å²) in [6.45, 7) is 6.56. The van der Waals surface area contributed by atoms with Crippen LogP contribution in [0.25, 0.3) is 10.7 Å². The maximum absolute atomic E-state index is 12.5. The highest BCUT2D eigenvalue weighted by Gasteiger charge is 2.14. The van der Waals surface area contributed by atoms with Gasteiger partial charge in [0.1, 0.15) is 5.01 Å². The van der Waals surface area contributed by atoms with Crippen LogP contribution < -0.4 is 10.9 Å². The van der Waals surface area contributed by atoms with Crippen molar-refractivity contribution in [3.05, 3.63) is 68.7 Å². The molecule has 3 heterocycles. The summed E-state index contributed by atoms with van der Waals surface area (Å²) in [5.41, 5.74) is 3.76. The van der Waals surface area contributed by atoms with E-state index in [0.717, 1.165) is 32.4 Å². The summed E-state index contributed by atoms with van der Waals surface area (Å²) in [5.74, 6) is 0. The second-order valence-electron chi connectivity index (χ2n) is 6.20. The van der Waals surface area contributed by atoms with E-state index in [2.05, 4.69) is 28.3 Å². The molecule has 0 aliphatic carbocycles. The van der Waals surface area contributed by atoms with Gasteiger partial charge in [0.25, 0.3) is 5.56 Å². The first kappa shape index (κ1) is 17.5. The molecule has 0 saturated heterocycles. The van der Waals surface area contributed by atoms with Crippen LogP contribution in [0.15, 0.2) is 41.5 Å². The van der Waals surface area contributed by atoms with E-state index in [0.29, 0.717) is 6.54 Å². The van der Waals surface area contributed by atoms with Gasteiger partial charge in [-0.25, -0.2) is 4.98 Å². The quantitative estimate of drug-likeness (QED) is 0.763. The Morgan fingerprint density at radius 1 is 1.28 bits per heavy atom. The van der Waals surface area contributed by atoms with Crippen LogP contribution in [0.5, 0.6) is 0 Å². The average molecular weight is 354 g/mol. The third-order valence-electron chi connectivity index (χ3n) is 4.41. The number of pyridine rings is 2. The summed E-state index contributed by atoms with van der Waals surface area (Å²) in [6.07, 6.45) is 3.65. The first-order valence-electron chi connectivity index (χ1n) is 8.24. The molecular formula is C19H22N4OS. The Morgan fingerprint density at radius 2 is 2.08 bits per heavy atom. The number of hydrogen-bond acceptors (Lipinski definition) is 5. The molecule has 0 amide bonds. The Kier molecular flexibility index (Phi) is 5.11. The fourth-order valence-electron chi connectivity index (χ4n) is 2.69. The highest BCUT2D eigenvalue weighted by Crippen LogP contribution is 2.27. The van der Waals surface area contributed by atoms with E-state index in [1.54, 1.807) is 22.1 Å². The van der Waals surface area contributed by atoms with Crippen molar-refractivity contribution in [1.29, 1.82) is 0 Å². The predicted octanol–water partition coefficient (Wildman–Crippen LogP) is 3.37. The summed E-state index contributed by atoms with van der Waals surface area (Å²) in [5, 5.41) is 4.35. The molecule has 5 nitrogen and oxygen atoms in total. The zero-order valence-corrected chi connectivity index (χ0v) is 15.7. The predicted molar refractivity (Wildman–Crippen MR) is 102 cm³/mol. The molecule has 0 bridgehead atoms. The topological polar surface area (TPSA) is 59.8 Å². The van der Waals surface area contributed by atoms with Gasteiger partial charge in [0.05, 0.1) is 5.69 Å². The molecule has 130 valence electrons. The molecule has 0 aliphatic rings. The van der Waals surface area contributed by atoms with Gasteiger partial charge >= 0.3 is 0 Å². The lowest BCUT2D eigenvalue weighted by molar-refractivity contribution is 0.573. The number of rotatable bonds is 5. The Labute approximate surface area is 151 Å². The number of aromatic nitrogens is 3. The van der Waals surface area contributed by atoms with Crippen molar-refractivity contribution < 1.29 is 0 Å². The summed E-state index contributed by atoms with van der Waals surface area (Å²) in [4.78, 5) is 22.4. The van der Waals surface area contributed by atoms with E-state index in [1.165, 1.54) is 0 Å². The molecule has 0 saturated carbocycles. The Bertz CT molecular complexity index is 930. The lowest BCUT2D eigenvalue weighted by Gasteiger charge is -2.14. The fourth-order valence-corrected chi connectivity index (χ4v) is 3.61. The number of aryl methyl sites for hydroxylation is 2. The van der Waals surface area contributed by atoms with Crippen LogP contribution in [0, 0.1) is 13.8 Å². The normalized spacial score (nSPS) is 12.3. The van der Waals surface area contributed by atoms with Gasteiger partial charge in [-0.1, -0.05) is 6.07 Å². The van der Waals surface area contributed by atoms with Gasteiger partial charge in [-0.3, -0.25) is 9.78 Å². The van der Waals surface area contributed by atoms with E-state index < -0.39 is 0 Å². The van der Waals surface area contributed by atoms with Crippen LogP contribution >= 0.6 is 11.3 Å². The third-order valence-corrected chi connectivity index (χ3v) is 5.62. The Morgan fingerprint density at radius 3 is 2.80 bits per heavy atom. The molecule has 3 rings (SSSR count). The van der Waals surface area contributed by atoms with Crippen molar-refractivity contribution in [3.8, 4) is 10.7 Å². The molecule has 6 heteroatoms. The number of thiazole rings is 1. The minimum absolute atomic E-state index is 0.0654. The SMILES string of the molecule is Cc1cc(C)n(C)c(=O)c1CNC(C)c1cnc(-c2ccccn2)s1. The second-order valence-corrected chi connectivity index (χ2v) is 7.26. The number of hydrogen-bond donors (Lipinski definition) is 1. The van der Waals surface area contributed by atoms with Gasteiger partial charge in [0.2, 0.25) is 0 Å². The minimum Gasteiger partial charge on any atom is -0.316 e. The molecule has 3 aromatic heterocycles. The molecule has 0 radical (unpaired) electrons. The molecule has 25 heavy (non-hydrogen) atoms. The van der Waals surface area contributed by atoms with Gasteiger partial charge in [0, 0.05) is 48.2 Å². The molecular weight excluding hydrogens is 332 g/mol. The van der Waals surface area contributed by atoms with Crippen LogP contribution in [0.4, 0.5) is 0 Å². The van der Waals surface area contributed by atoms with Crippen molar-refractivity contribution in [2.45, 2.75) is 33.4 Å². The van der Waals surface area contributed by atoms with Crippen molar-refractivity contribution in [2.75, 3.05) is 0 Å². The molecule has 1 N–H and O–H groups in total. The van der Waals surface area contributed by atoms with E-state index in [-0.39, 0.29) is 11.6 Å². The lowest BCUT2D eigenvalue weighted by Crippen LogP contribution is -2.29. The van der Waals surface area contributed by atoms with Crippen molar-refractivity contribution in [2.24, 2.45) is 7.05 Å². The van der Waals surface area contributed by atoms with Crippen LogP contribution in [0.1, 0.15) is 34.7 Å². The van der Waals surface area contributed by atoms with Gasteiger partial charge < -0.3 is 9.88 Å². The average Bonchev–Trinajstić information content (AvgIpc) is 3.10. The summed E-state index contributed by atoms with van der Waals surface area (Å²) >= 11 is 1.62. The fraction of sp³-hybridized carbons (Fsp3) is 0.316. The van der Waals surface area contributed by atoms with Gasteiger partial charge in [-0.05, 0) is 44.5 Å². The van der Waals surface area contributed by atoms with Gasteiger partial charge in [-0.15, -0.1) is 11.3 Å². The molecule has 0 aliphatic heterocycles. The standard InChI is InChI=1S/C19H22N4OS/c1-12-9-13(2)23(4)19(24)15(12)10-21-14(3)17-11-22-18(25-17)16-7-5-6-8-20-16/h5-9,11,14,21H,10H2,1-4H3. The molecule has 3 aromatic rings. The van der Waals surface area contributed by atoms with E-state index in [9.17, 15) is 4.79 Å². The second kappa shape index (κ2) is 7.29. The molecule has 0 aromatic carbocycles. The maximum atomic E-state index is 12.5. The summed E-state index contributed by atoms with van der Waals surface area (Å²) in [7, 11) is 1.81. The number of nitrogens with one attached hydrogen (secondary N) is 1. The summed E-state index contributed by atoms with van der Waals surface area (Å²) < 4.78 is 1.69. The van der Waals surface area contributed by atoms with Crippen molar-refractivity contribution in [1.82, 2.24) is 19.9 Å². The monoisotopic (exact) mass is 354 g/mol. The highest BCUT2D eigenvalue weighted by molar-refractivity contribution is 7.15. The highest BCUT2D eigenvalue weighted by atomic mass is 32.1. The zero-order chi connectivity index (χ0) is 18.0. The Hall–Kier alpha value is -2.31. The maximum Gasteiger partial charge on any atom is 0.255 e. The number of nitrogens with zero attached hydrogens (tertiary/aromatic N) is 3. The van der Waals surface area contributed by atoms with Crippen LogP contribution in [0.3, 0.4) is 0 Å². The smallest absolute Gasteiger partial charge is 0.255 e. The van der Waals surface area contributed by atoms with E-state index >= 15 is 0 Å². The first-order valence-corrected chi connectivity index (χ1v) is 9.05. The lowest BCUT2D eigenvalue weighted by atomic mass is 10.1. The van der Waals surface area contributed by atoms with Crippen molar-refractivity contribution >= 4 is 11.3 Å². The molecule has 0 spiro atoms. The molecule has 0 fully saturated rings. The van der Waals surface area contributed by atoms with Crippen molar-refractivity contribution in [3.63, 3.8) is 0 Å². The molecule has 1 unspecified atom stereocenters. The Balaban J connectivity index is 1.74. The van der Waals surface area contributed by atoms with Gasteiger partial charge in [0.15, 0.2) is 0 Å². The van der Waals surface area contributed by atoms with Crippen LogP contribution in [0.2, 0.25) is 0 Å². The molecule has 1 atom stereocenters. The minimum atomic E-state index is 0.0654. The van der Waals surface area contributed by atoms with Crippen LogP contribution in [-0.2, 0) is 13.6 Å². The van der Waals surface area contributed by atoms with Crippen LogP contribution in [-0.4, -0.2) is 14.5 Å². The first-order chi connectivity index (χ1) is 12.0. The van der Waals surface area contributed by atoms with E-state index in [4.69, 9.17) is 0 Å². The van der Waals surface area contributed by atoms with E-state index in [1.807, 2.05) is 45.3 Å². The van der Waals surface area contributed by atoms with Gasteiger partial charge in [-0.2, -0.15) is 0 Å². The largest absolute Gasteiger partial charge is 0.316 e. The zero-order valence-electron chi connectivity index (χ0n) is 14.9.